The fourth-order valence-corrected chi connectivity index (χ4v) is 3.56. The van der Waals surface area contributed by atoms with Gasteiger partial charge in [-0.3, -0.25) is 0 Å². The van der Waals surface area contributed by atoms with Gasteiger partial charge < -0.3 is 10.1 Å². The summed E-state index contributed by atoms with van der Waals surface area (Å²) < 4.78 is 6.45. The molecule has 0 amide bonds. The minimum atomic E-state index is 0.380. The van der Waals surface area contributed by atoms with Crippen LogP contribution in [0.3, 0.4) is 0 Å². The SMILES string of the molecule is CC[C@H](N[C@@H]1CCO[C@@H](C)C1)c1ccc(Cl)s1. The molecule has 0 unspecified atom stereocenters. The molecule has 3 atom stereocenters. The van der Waals surface area contributed by atoms with Gasteiger partial charge in [-0.15, -0.1) is 11.3 Å². The highest BCUT2D eigenvalue weighted by Crippen LogP contribution is 2.29. The summed E-state index contributed by atoms with van der Waals surface area (Å²) in [6, 6.07) is 5.13. The molecule has 1 saturated heterocycles. The zero-order valence-corrected chi connectivity index (χ0v) is 12.0. The minimum Gasteiger partial charge on any atom is -0.378 e. The topological polar surface area (TPSA) is 21.3 Å². The van der Waals surface area contributed by atoms with Gasteiger partial charge >= 0.3 is 0 Å². The van der Waals surface area contributed by atoms with Crippen molar-refractivity contribution in [2.75, 3.05) is 6.61 Å². The number of rotatable bonds is 4. The fourth-order valence-electron chi connectivity index (χ4n) is 2.35. The van der Waals surface area contributed by atoms with E-state index in [-0.39, 0.29) is 0 Å². The third kappa shape index (κ3) is 3.68. The summed E-state index contributed by atoms with van der Waals surface area (Å²) >= 11 is 7.68. The maximum atomic E-state index is 6.00. The first-order chi connectivity index (χ1) is 8.19. The van der Waals surface area contributed by atoms with E-state index in [4.69, 9.17) is 16.3 Å². The Morgan fingerprint density at radius 3 is 3.00 bits per heavy atom. The van der Waals surface area contributed by atoms with Crippen molar-refractivity contribution in [3.63, 3.8) is 0 Å². The van der Waals surface area contributed by atoms with E-state index in [2.05, 4.69) is 25.2 Å². The molecule has 0 saturated carbocycles. The lowest BCUT2D eigenvalue weighted by molar-refractivity contribution is 0.0112. The fraction of sp³-hybridized carbons (Fsp3) is 0.692. The van der Waals surface area contributed by atoms with Crippen molar-refractivity contribution in [1.82, 2.24) is 5.32 Å². The molecule has 2 heterocycles. The van der Waals surface area contributed by atoms with Crippen LogP contribution in [0.5, 0.6) is 0 Å². The summed E-state index contributed by atoms with van der Waals surface area (Å²) in [6.07, 6.45) is 3.70. The van der Waals surface area contributed by atoms with E-state index in [0.717, 1.165) is 30.2 Å². The van der Waals surface area contributed by atoms with Crippen molar-refractivity contribution in [3.8, 4) is 0 Å². The minimum absolute atomic E-state index is 0.380. The Morgan fingerprint density at radius 1 is 1.59 bits per heavy atom. The van der Waals surface area contributed by atoms with Gasteiger partial charge in [-0.05, 0) is 38.3 Å². The molecule has 17 heavy (non-hydrogen) atoms. The molecule has 1 aromatic rings. The highest BCUT2D eigenvalue weighted by atomic mass is 35.5. The Hall–Kier alpha value is -0.0900. The molecule has 1 aliphatic rings. The van der Waals surface area contributed by atoms with Crippen LogP contribution in [0.2, 0.25) is 4.34 Å². The maximum Gasteiger partial charge on any atom is 0.0931 e. The molecule has 0 aromatic carbocycles. The Bertz CT molecular complexity index is 355. The Kier molecular flexibility index (Phi) is 4.86. The molecule has 0 radical (unpaired) electrons. The van der Waals surface area contributed by atoms with Gasteiger partial charge in [0.1, 0.15) is 0 Å². The van der Waals surface area contributed by atoms with E-state index in [1.165, 1.54) is 4.88 Å². The second-order valence-corrected chi connectivity index (χ2v) is 6.42. The van der Waals surface area contributed by atoms with E-state index in [9.17, 15) is 0 Å². The van der Waals surface area contributed by atoms with Gasteiger partial charge in [-0.1, -0.05) is 18.5 Å². The highest BCUT2D eigenvalue weighted by molar-refractivity contribution is 7.16. The number of thiophene rings is 1. The summed E-state index contributed by atoms with van der Waals surface area (Å²) in [5.74, 6) is 0. The van der Waals surface area contributed by atoms with Crippen LogP contribution in [-0.4, -0.2) is 18.8 Å². The largest absolute Gasteiger partial charge is 0.378 e. The molecule has 0 aliphatic carbocycles. The monoisotopic (exact) mass is 273 g/mol. The molecule has 4 heteroatoms. The van der Waals surface area contributed by atoms with Crippen molar-refractivity contribution in [3.05, 3.63) is 21.3 Å². The van der Waals surface area contributed by atoms with Gasteiger partial charge in [0.05, 0.1) is 10.4 Å². The van der Waals surface area contributed by atoms with E-state index in [0.29, 0.717) is 18.2 Å². The first-order valence-electron chi connectivity index (χ1n) is 6.32. The molecule has 1 aromatic heterocycles. The number of ether oxygens (including phenoxy) is 1. The summed E-state index contributed by atoms with van der Waals surface area (Å²) in [5.41, 5.74) is 0. The van der Waals surface area contributed by atoms with Crippen LogP contribution in [-0.2, 0) is 4.74 Å². The molecule has 2 nitrogen and oxygen atoms in total. The summed E-state index contributed by atoms with van der Waals surface area (Å²) in [5, 5.41) is 3.74. The van der Waals surface area contributed by atoms with Crippen LogP contribution in [0, 0.1) is 0 Å². The van der Waals surface area contributed by atoms with Crippen molar-refractivity contribution >= 4 is 22.9 Å². The van der Waals surface area contributed by atoms with Crippen LogP contribution in [0.1, 0.15) is 44.0 Å². The normalized spacial score (nSPS) is 27.0. The van der Waals surface area contributed by atoms with E-state index >= 15 is 0 Å². The van der Waals surface area contributed by atoms with Crippen LogP contribution >= 0.6 is 22.9 Å². The van der Waals surface area contributed by atoms with E-state index in [1.54, 1.807) is 11.3 Å². The van der Waals surface area contributed by atoms with Gasteiger partial charge in [0.25, 0.3) is 0 Å². The zero-order valence-electron chi connectivity index (χ0n) is 10.4. The van der Waals surface area contributed by atoms with E-state index < -0.39 is 0 Å². The Labute approximate surface area is 112 Å². The average molecular weight is 274 g/mol. The molecule has 1 fully saturated rings. The first-order valence-corrected chi connectivity index (χ1v) is 7.51. The van der Waals surface area contributed by atoms with Gasteiger partial charge in [0.2, 0.25) is 0 Å². The van der Waals surface area contributed by atoms with Crippen LogP contribution in [0.4, 0.5) is 0 Å². The molecule has 1 aliphatic heterocycles. The zero-order chi connectivity index (χ0) is 12.3. The Morgan fingerprint density at radius 2 is 2.41 bits per heavy atom. The summed E-state index contributed by atoms with van der Waals surface area (Å²) in [4.78, 5) is 1.34. The highest BCUT2D eigenvalue weighted by Gasteiger charge is 2.22. The quantitative estimate of drug-likeness (QED) is 0.895. The number of halogens is 1. The molecule has 96 valence electrons. The van der Waals surface area contributed by atoms with Gasteiger partial charge in [-0.25, -0.2) is 0 Å². The van der Waals surface area contributed by atoms with Crippen molar-refractivity contribution in [2.24, 2.45) is 0 Å². The van der Waals surface area contributed by atoms with Crippen LogP contribution in [0.15, 0.2) is 12.1 Å². The maximum absolute atomic E-state index is 6.00. The number of hydrogen-bond acceptors (Lipinski definition) is 3. The third-order valence-electron chi connectivity index (χ3n) is 3.27. The average Bonchev–Trinajstić information content (AvgIpc) is 2.73. The molecule has 0 spiro atoms. The number of hydrogen-bond donors (Lipinski definition) is 1. The molecular formula is C13H20ClNOS. The second-order valence-electron chi connectivity index (χ2n) is 4.67. The smallest absolute Gasteiger partial charge is 0.0931 e. The van der Waals surface area contributed by atoms with Gasteiger partial charge in [-0.2, -0.15) is 0 Å². The summed E-state index contributed by atoms with van der Waals surface area (Å²) in [7, 11) is 0. The summed E-state index contributed by atoms with van der Waals surface area (Å²) in [6.45, 7) is 5.24. The lowest BCUT2D eigenvalue weighted by Gasteiger charge is -2.31. The van der Waals surface area contributed by atoms with Gasteiger partial charge in [0.15, 0.2) is 0 Å². The first kappa shape index (κ1) is 13.3. The van der Waals surface area contributed by atoms with Crippen molar-refractivity contribution in [1.29, 1.82) is 0 Å². The van der Waals surface area contributed by atoms with Crippen molar-refractivity contribution < 1.29 is 4.74 Å². The molecule has 2 rings (SSSR count). The molecular weight excluding hydrogens is 254 g/mol. The second kappa shape index (κ2) is 6.19. The molecule has 1 N–H and O–H groups in total. The molecule has 0 bridgehead atoms. The van der Waals surface area contributed by atoms with Crippen molar-refractivity contribution in [2.45, 2.75) is 51.3 Å². The third-order valence-corrected chi connectivity index (χ3v) is 4.61. The standard InChI is InChI=1S/C13H20ClNOS/c1-3-11(12-4-5-13(14)17-12)15-10-6-7-16-9(2)8-10/h4-5,9-11,15H,3,6-8H2,1-2H3/t9-,10+,11-/m0/s1. The number of nitrogens with one attached hydrogen (secondary N) is 1. The lowest BCUT2D eigenvalue weighted by Crippen LogP contribution is -2.39. The lowest BCUT2D eigenvalue weighted by atomic mass is 10.0. The van der Waals surface area contributed by atoms with Crippen LogP contribution in [0.25, 0.3) is 0 Å². The van der Waals surface area contributed by atoms with Crippen LogP contribution < -0.4 is 5.32 Å². The van der Waals surface area contributed by atoms with E-state index in [1.807, 2.05) is 6.07 Å². The predicted molar refractivity (Wildman–Crippen MR) is 73.9 cm³/mol. The Balaban J connectivity index is 1.95. The van der Waals surface area contributed by atoms with Gasteiger partial charge in [0, 0.05) is 23.6 Å². The predicted octanol–water partition coefficient (Wildman–Crippen LogP) is 4.01.